The number of nitrogens with zero attached hydrogens (tertiary/aromatic N) is 1. The summed E-state index contributed by atoms with van der Waals surface area (Å²) in [5.41, 5.74) is 1.43. The number of thiophene rings is 1. The van der Waals surface area contributed by atoms with Crippen molar-refractivity contribution in [2.45, 2.75) is 32.2 Å². The molecule has 1 aliphatic heterocycles. The SMILES string of the molecule is O=C(O)CCC1CCN(Cc2csc3ccccc23)CC1. The molecule has 1 aliphatic rings. The van der Waals surface area contributed by atoms with Gasteiger partial charge in [0.1, 0.15) is 0 Å². The number of carboxylic acids is 1. The van der Waals surface area contributed by atoms with Gasteiger partial charge in [0.2, 0.25) is 0 Å². The number of hydrogen-bond acceptors (Lipinski definition) is 3. The number of rotatable bonds is 5. The van der Waals surface area contributed by atoms with E-state index in [-0.39, 0.29) is 0 Å². The normalized spacial score (nSPS) is 17.3. The van der Waals surface area contributed by atoms with Gasteiger partial charge in [-0.2, -0.15) is 0 Å². The first-order chi connectivity index (χ1) is 10.2. The lowest BCUT2D eigenvalue weighted by molar-refractivity contribution is -0.137. The molecule has 3 rings (SSSR count). The topological polar surface area (TPSA) is 40.5 Å². The Morgan fingerprint density at radius 2 is 2.05 bits per heavy atom. The molecule has 1 N–H and O–H groups in total. The lowest BCUT2D eigenvalue weighted by Crippen LogP contribution is -2.33. The van der Waals surface area contributed by atoms with Crippen molar-refractivity contribution in [3.63, 3.8) is 0 Å². The first kappa shape index (κ1) is 14.5. The monoisotopic (exact) mass is 303 g/mol. The van der Waals surface area contributed by atoms with Crippen molar-refractivity contribution < 1.29 is 9.90 Å². The first-order valence-corrected chi connectivity index (χ1v) is 8.49. The van der Waals surface area contributed by atoms with Crippen molar-refractivity contribution in [1.29, 1.82) is 0 Å². The van der Waals surface area contributed by atoms with Crippen molar-refractivity contribution in [1.82, 2.24) is 4.90 Å². The van der Waals surface area contributed by atoms with Crippen LogP contribution in [-0.4, -0.2) is 29.1 Å². The highest BCUT2D eigenvalue weighted by molar-refractivity contribution is 7.17. The zero-order valence-electron chi connectivity index (χ0n) is 12.1. The second kappa shape index (κ2) is 6.58. The highest BCUT2D eigenvalue weighted by Gasteiger charge is 2.20. The second-order valence-corrected chi connectivity index (χ2v) is 6.82. The number of fused-ring (bicyclic) bond motifs is 1. The van der Waals surface area contributed by atoms with Crippen molar-refractivity contribution in [2.75, 3.05) is 13.1 Å². The minimum absolute atomic E-state index is 0.319. The first-order valence-electron chi connectivity index (χ1n) is 7.61. The van der Waals surface area contributed by atoms with Gasteiger partial charge in [0.05, 0.1) is 0 Å². The van der Waals surface area contributed by atoms with E-state index in [0.717, 1.165) is 38.9 Å². The Hall–Kier alpha value is -1.39. The summed E-state index contributed by atoms with van der Waals surface area (Å²) < 4.78 is 1.36. The van der Waals surface area contributed by atoms with E-state index >= 15 is 0 Å². The summed E-state index contributed by atoms with van der Waals surface area (Å²) >= 11 is 1.82. The molecule has 0 saturated carbocycles. The Morgan fingerprint density at radius 1 is 1.29 bits per heavy atom. The van der Waals surface area contributed by atoms with E-state index in [1.807, 2.05) is 11.3 Å². The fourth-order valence-corrected chi connectivity index (χ4v) is 4.11. The molecule has 4 heteroatoms. The standard InChI is InChI=1S/C17H21NO2S/c19-17(20)6-5-13-7-9-18(10-8-13)11-14-12-21-16-4-2-1-3-15(14)16/h1-4,12-13H,5-11H2,(H,19,20). The average Bonchev–Trinajstić information content (AvgIpc) is 2.90. The van der Waals surface area contributed by atoms with Crippen LogP contribution < -0.4 is 0 Å². The summed E-state index contributed by atoms with van der Waals surface area (Å²) in [6.07, 6.45) is 3.43. The van der Waals surface area contributed by atoms with Gasteiger partial charge in [0, 0.05) is 17.7 Å². The Labute approximate surface area is 129 Å². The molecule has 1 aromatic heterocycles. The van der Waals surface area contributed by atoms with Crippen LogP contribution in [-0.2, 0) is 11.3 Å². The van der Waals surface area contributed by atoms with Crippen LogP contribution in [0.15, 0.2) is 29.6 Å². The molecule has 21 heavy (non-hydrogen) atoms. The van der Waals surface area contributed by atoms with Gasteiger partial charge in [-0.15, -0.1) is 11.3 Å². The number of aliphatic carboxylic acids is 1. The van der Waals surface area contributed by atoms with E-state index in [9.17, 15) is 4.79 Å². The van der Waals surface area contributed by atoms with Crippen LogP contribution >= 0.6 is 11.3 Å². The van der Waals surface area contributed by atoms with Gasteiger partial charge in [-0.25, -0.2) is 0 Å². The van der Waals surface area contributed by atoms with Crippen molar-refractivity contribution in [3.8, 4) is 0 Å². The van der Waals surface area contributed by atoms with Gasteiger partial charge in [-0.3, -0.25) is 9.69 Å². The molecule has 1 saturated heterocycles. The molecule has 0 bridgehead atoms. The summed E-state index contributed by atoms with van der Waals surface area (Å²) in [4.78, 5) is 13.1. The van der Waals surface area contributed by atoms with Crippen LogP contribution in [0.1, 0.15) is 31.2 Å². The Bertz CT molecular complexity index is 614. The van der Waals surface area contributed by atoms with Gasteiger partial charge >= 0.3 is 5.97 Å². The van der Waals surface area contributed by atoms with Crippen molar-refractivity contribution in [3.05, 3.63) is 35.2 Å². The molecule has 0 unspecified atom stereocenters. The lowest BCUT2D eigenvalue weighted by atomic mass is 9.92. The quantitative estimate of drug-likeness (QED) is 0.908. The molecule has 112 valence electrons. The van der Waals surface area contributed by atoms with E-state index in [2.05, 4.69) is 34.5 Å². The third-order valence-corrected chi connectivity index (χ3v) is 5.44. The van der Waals surface area contributed by atoms with E-state index in [0.29, 0.717) is 12.3 Å². The zero-order chi connectivity index (χ0) is 14.7. The maximum atomic E-state index is 10.6. The summed E-state index contributed by atoms with van der Waals surface area (Å²) in [6, 6.07) is 8.59. The van der Waals surface area contributed by atoms with Crippen LogP contribution in [0.5, 0.6) is 0 Å². The smallest absolute Gasteiger partial charge is 0.303 e. The molecule has 0 amide bonds. The molecule has 0 atom stereocenters. The highest BCUT2D eigenvalue weighted by Crippen LogP contribution is 2.28. The molecule has 0 aliphatic carbocycles. The summed E-state index contributed by atoms with van der Waals surface area (Å²) in [5.74, 6) is -0.0706. The van der Waals surface area contributed by atoms with E-state index in [1.54, 1.807) is 0 Å². The van der Waals surface area contributed by atoms with Crippen LogP contribution in [0.2, 0.25) is 0 Å². The number of carboxylic acid groups (broad SMARTS) is 1. The Kier molecular flexibility index (Phi) is 4.56. The number of benzene rings is 1. The van der Waals surface area contributed by atoms with Crippen LogP contribution in [0.25, 0.3) is 10.1 Å². The number of carbonyl (C=O) groups is 1. The fourth-order valence-electron chi connectivity index (χ4n) is 3.16. The molecule has 2 aromatic rings. The zero-order valence-corrected chi connectivity index (χ0v) is 12.9. The van der Waals surface area contributed by atoms with Gasteiger partial charge in [-0.1, -0.05) is 18.2 Å². The third kappa shape index (κ3) is 3.63. The van der Waals surface area contributed by atoms with E-state index in [1.165, 1.54) is 15.6 Å². The predicted molar refractivity (Wildman–Crippen MR) is 86.7 cm³/mol. The largest absolute Gasteiger partial charge is 0.481 e. The minimum atomic E-state index is -0.665. The Balaban J connectivity index is 1.54. The summed E-state index contributed by atoms with van der Waals surface area (Å²) in [7, 11) is 0. The van der Waals surface area contributed by atoms with Crippen LogP contribution in [0, 0.1) is 5.92 Å². The molecule has 0 spiro atoms. The molecular formula is C17H21NO2S. The maximum absolute atomic E-state index is 10.6. The van der Waals surface area contributed by atoms with Crippen molar-refractivity contribution >= 4 is 27.4 Å². The molecule has 2 heterocycles. The van der Waals surface area contributed by atoms with Crippen molar-refractivity contribution in [2.24, 2.45) is 5.92 Å². The molecule has 3 nitrogen and oxygen atoms in total. The lowest BCUT2D eigenvalue weighted by Gasteiger charge is -2.31. The Morgan fingerprint density at radius 3 is 2.81 bits per heavy atom. The third-order valence-electron chi connectivity index (χ3n) is 4.43. The minimum Gasteiger partial charge on any atom is -0.481 e. The number of likely N-dealkylation sites (tertiary alicyclic amines) is 1. The maximum Gasteiger partial charge on any atom is 0.303 e. The molecule has 1 aromatic carbocycles. The van der Waals surface area contributed by atoms with Gasteiger partial charge in [-0.05, 0) is 60.7 Å². The predicted octanol–water partition coefficient (Wildman–Crippen LogP) is 3.98. The fraction of sp³-hybridized carbons (Fsp3) is 0.471. The molecule has 1 fully saturated rings. The summed E-state index contributed by atoms with van der Waals surface area (Å²) in [5, 5.41) is 12.4. The van der Waals surface area contributed by atoms with Gasteiger partial charge < -0.3 is 5.11 Å². The second-order valence-electron chi connectivity index (χ2n) is 5.91. The average molecular weight is 303 g/mol. The summed E-state index contributed by atoms with van der Waals surface area (Å²) in [6.45, 7) is 3.21. The number of piperidine rings is 1. The molecule has 0 radical (unpaired) electrons. The van der Waals surface area contributed by atoms with Crippen LogP contribution in [0.4, 0.5) is 0 Å². The highest BCUT2D eigenvalue weighted by atomic mass is 32.1. The van der Waals surface area contributed by atoms with Gasteiger partial charge in [0.25, 0.3) is 0 Å². The number of hydrogen-bond donors (Lipinski definition) is 1. The molecular weight excluding hydrogens is 282 g/mol. The van der Waals surface area contributed by atoms with Crippen LogP contribution in [0.3, 0.4) is 0 Å². The van der Waals surface area contributed by atoms with E-state index in [4.69, 9.17) is 5.11 Å². The van der Waals surface area contributed by atoms with Gasteiger partial charge in [0.15, 0.2) is 0 Å². The van der Waals surface area contributed by atoms with E-state index < -0.39 is 5.97 Å².